The summed E-state index contributed by atoms with van der Waals surface area (Å²) in [6.45, 7) is 6.24. The number of ether oxygens (including phenoxy) is 3. The van der Waals surface area contributed by atoms with Crippen LogP contribution in [0.1, 0.15) is 23.6 Å². The molecule has 28 heavy (non-hydrogen) atoms. The molecule has 0 saturated heterocycles. The number of rotatable bonds is 9. The van der Waals surface area contributed by atoms with Crippen molar-refractivity contribution in [1.29, 1.82) is 0 Å². The average Bonchev–Trinajstić information content (AvgIpc) is 2.71. The number of nitrogens with one attached hydrogen (secondary N) is 2. The lowest BCUT2D eigenvalue weighted by atomic mass is 10.1. The molecule has 0 aliphatic heterocycles. The standard InChI is InChI=1S/C22H31N3O3/c1-6-23-22(24-12-11-18-13-16(2)7-9-19(18)26-3)25-15-17-8-10-20(27-4)21(14-17)28-5/h7-10,13-14H,6,11-12,15H2,1-5H3,(H2,23,24,25). The van der Waals surface area contributed by atoms with Crippen molar-refractivity contribution in [3.05, 3.63) is 53.1 Å². The average molecular weight is 386 g/mol. The molecule has 2 aromatic rings. The van der Waals surface area contributed by atoms with Crippen LogP contribution in [0.4, 0.5) is 0 Å². The van der Waals surface area contributed by atoms with Crippen LogP contribution in [0.15, 0.2) is 41.4 Å². The van der Waals surface area contributed by atoms with Crippen LogP contribution in [-0.4, -0.2) is 40.4 Å². The van der Waals surface area contributed by atoms with E-state index in [2.05, 4.69) is 41.6 Å². The van der Waals surface area contributed by atoms with Gasteiger partial charge in [0.25, 0.3) is 0 Å². The van der Waals surface area contributed by atoms with Crippen molar-refractivity contribution >= 4 is 5.96 Å². The molecule has 2 aromatic carbocycles. The van der Waals surface area contributed by atoms with E-state index >= 15 is 0 Å². The second-order valence-electron chi connectivity index (χ2n) is 6.38. The van der Waals surface area contributed by atoms with Crippen LogP contribution < -0.4 is 24.8 Å². The molecule has 0 heterocycles. The summed E-state index contributed by atoms with van der Waals surface area (Å²) in [5, 5.41) is 6.67. The molecule has 0 fully saturated rings. The molecule has 0 unspecified atom stereocenters. The van der Waals surface area contributed by atoms with Crippen LogP contribution in [0.5, 0.6) is 17.2 Å². The second-order valence-corrected chi connectivity index (χ2v) is 6.38. The summed E-state index contributed by atoms with van der Waals surface area (Å²) in [5.41, 5.74) is 3.46. The highest BCUT2D eigenvalue weighted by Gasteiger charge is 2.06. The molecule has 6 nitrogen and oxygen atoms in total. The zero-order valence-electron chi connectivity index (χ0n) is 17.5. The number of nitrogens with zero attached hydrogens (tertiary/aromatic N) is 1. The van der Waals surface area contributed by atoms with E-state index in [9.17, 15) is 0 Å². The van der Waals surface area contributed by atoms with Gasteiger partial charge >= 0.3 is 0 Å². The largest absolute Gasteiger partial charge is 0.496 e. The monoisotopic (exact) mass is 385 g/mol. The summed E-state index contributed by atoms with van der Waals surface area (Å²) in [4.78, 5) is 4.67. The van der Waals surface area contributed by atoms with Gasteiger partial charge in [-0.2, -0.15) is 0 Å². The van der Waals surface area contributed by atoms with Crippen molar-refractivity contribution in [2.24, 2.45) is 4.99 Å². The number of hydrogen-bond acceptors (Lipinski definition) is 4. The van der Waals surface area contributed by atoms with Crippen molar-refractivity contribution in [1.82, 2.24) is 10.6 Å². The smallest absolute Gasteiger partial charge is 0.191 e. The molecule has 2 rings (SSSR count). The molecule has 0 spiro atoms. The van der Waals surface area contributed by atoms with E-state index in [1.165, 1.54) is 11.1 Å². The molecule has 152 valence electrons. The van der Waals surface area contributed by atoms with E-state index < -0.39 is 0 Å². The fourth-order valence-electron chi connectivity index (χ4n) is 2.91. The van der Waals surface area contributed by atoms with Gasteiger partial charge in [0, 0.05) is 13.1 Å². The number of guanidine groups is 1. The van der Waals surface area contributed by atoms with E-state index in [1.54, 1.807) is 21.3 Å². The molecule has 6 heteroatoms. The zero-order chi connectivity index (χ0) is 20.4. The number of aryl methyl sites for hydroxylation is 1. The number of methoxy groups -OCH3 is 3. The Morgan fingerprint density at radius 1 is 0.893 bits per heavy atom. The van der Waals surface area contributed by atoms with Crippen LogP contribution in [0.2, 0.25) is 0 Å². The minimum absolute atomic E-state index is 0.545. The molecule has 0 amide bonds. The van der Waals surface area contributed by atoms with Crippen molar-refractivity contribution in [3.8, 4) is 17.2 Å². The molecule has 0 aromatic heterocycles. The van der Waals surface area contributed by atoms with Gasteiger partial charge in [-0.05, 0) is 49.6 Å². The Bertz CT molecular complexity index is 791. The van der Waals surface area contributed by atoms with E-state index in [4.69, 9.17) is 14.2 Å². The third-order valence-corrected chi connectivity index (χ3v) is 4.33. The van der Waals surface area contributed by atoms with Gasteiger partial charge in [0.05, 0.1) is 27.9 Å². The van der Waals surface area contributed by atoms with Gasteiger partial charge in [-0.3, -0.25) is 0 Å². The molecule has 0 aliphatic rings. The lowest BCUT2D eigenvalue weighted by Gasteiger charge is -2.14. The molecule has 2 N–H and O–H groups in total. The van der Waals surface area contributed by atoms with Gasteiger partial charge in [0.15, 0.2) is 17.5 Å². The summed E-state index contributed by atoms with van der Waals surface area (Å²) < 4.78 is 16.1. The van der Waals surface area contributed by atoms with E-state index in [0.29, 0.717) is 18.0 Å². The highest BCUT2D eigenvalue weighted by atomic mass is 16.5. The van der Waals surface area contributed by atoms with Crippen LogP contribution in [0, 0.1) is 6.92 Å². The first-order chi connectivity index (χ1) is 13.6. The summed E-state index contributed by atoms with van der Waals surface area (Å²) in [5.74, 6) is 3.12. The van der Waals surface area contributed by atoms with Crippen LogP contribution in [0.3, 0.4) is 0 Å². The lowest BCUT2D eigenvalue weighted by Crippen LogP contribution is -2.38. The molecular weight excluding hydrogens is 354 g/mol. The molecular formula is C22H31N3O3. The number of benzene rings is 2. The zero-order valence-corrected chi connectivity index (χ0v) is 17.5. The lowest BCUT2D eigenvalue weighted by molar-refractivity contribution is 0.354. The van der Waals surface area contributed by atoms with Gasteiger partial charge in [-0.1, -0.05) is 23.8 Å². The topological polar surface area (TPSA) is 64.1 Å². The van der Waals surface area contributed by atoms with Crippen molar-refractivity contribution in [2.45, 2.75) is 26.8 Å². The van der Waals surface area contributed by atoms with Crippen LogP contribution in [-0.2, 0) is 13.0 Å². The van der Waals surface area contributed by atoms with E-state index in [0.717, 1.165) is 36.8 Å². The highest BCUT2D eigenvalue weighted by molar-refractivity contribution is 5.79. The quantitative estimate of drug-likeness (QED) is 0.512. The fourth-order valence-corrected chi connectivity index (χ4v) is 2.91. The second kappa shape index (κ2) is 11.1. The van der Waals surface area contributed by atoms with E-state index in [-0.39, 0.29) is 0 Å². The normalized spacial score (nSPS) is 11.1. The molecule has 0 aliphatic carbocycles. The van der Waals surface area contributed by atoms with Gasteiger partial charge in [-0.25, -0.2) is 4.99 Å². The third kappa shape index (κ3) is 6.08. The Hall–Kier alpha value is -2.89. The molecule has 0 saturated carbocycles. The minimum Gasteiger partial charge on any atom is -0.496 e. The molecule has 0 bridgehead atoms. The Balaban J connectivity index is 2.00. The van der Waals surface area contributed by atoms with Gasteiger partial charge < -0.3 is 24.8 Å². The number of aliphatic imine (C=N–C) groups is 1. The van der Waals surface area contributed by atoms with E-state index in [1.807, 2.05) is 24.3 Å². The van der Waals surface area contributed by atoms with Gasteiger partial charge in [0.1, 0.15) is 5.75 Å². The first kappa shape index (κ1) is 21.4. The maximum Gasteiger partial charge on any atom is 0.191 e. The maximum absolute atomic E-state index is 5.46. The number of hydrogen-bond donors (Lipinski definition) is 2. The van der Waals surface area contributed by atoms with Crippen molar-refractivity contribution < 1.29 is 14.2 Å². The van der Waals surface area contributed by atoms with Crippen molar-refractivity contribution in [2.75, 3.05) is 34.4 Å². The first-order valence-corrected chi connectivity index (χ1v) is 9.47. The Labute approximate surface area is 167 Å². The summed E-state index contributed by atoms with van der Waals surface area (Å²) in [7, 11) is 4.97. The third-order valence-electron chi connectivity index (χ3n) is 4.33. The summed E-state index contributed by atoms with van der Waals surface area (Å²) in [6, 6.07) is 12.1. The van der Waals surface area contributed by atoms with Gasteiger partial charge in [-0.15, -0.1) is 0 Å². The first-order valence-electron chi connectivity index (χ1n) is 9.47. The Morgan fingerprint density at radius 3 is 2.29 bits per heavy atom. The Kier molecular flexibility index (Phi) is 8.46. The summed E-state index contributed by atoms with van der Waals surface area (Å²) >= 11 is 0. The van der Waals surface area contributed by atoms with Gasteiger partial charge in [0.2, 0.25) is 0 Å². The molecule has 0 radical (unpaired) electrons. The predicted octanol–water partition coefficient (Wildman–Crippen LogP) is 3.32. The minimum atomic E-state index is 0.545. The van der Waals surface area contributed by atoms with Crippen LogP contribution >= 0.6 is 0 Å². The fraction of sp³-hybridized carbons (Fsp3) is 0.409. The highest BCUT2D eigenvalue weighted by Crippen LogP contribution is 2.27. The maximum atomic E-state index is 5.46. The van der Waals surface area contributed by atoms with Crippen LogP contribution in [0.25, 0.3) is 0 Å². The predicted molar refractivity (Wildman–Crippen MR) is 114 cm³/mol. The SMILES string of the molecule is CCNC(=NCc1ccc(OC)c(OC)c1)NCCc1cc(C)ccc1OC. The molecule has 0 atom stereocenters. The van der Waals surface area contributed by atoms with Crippen molar-refractivity contribution in [3.63, 3.8) is 0 Å². The Morgan fingerprint density at radius 2 is 1.61 bits per heavy atom. The summed E-state index contributed by atoms with van der Waals surface area (Å²) in [6.07, 6.45) is 0.853.